The van der Waals surface area contributed by atoms with Gasteiger partial charge in [-0.1, -0.05) is 0 Å². The van der Waals surface area contributed by atoms with Crippen LogP contribution >= 0.6 is 0 Å². The molecule has 1 fully saturated rings. The fourth-order valence-electron chi connectivity index (χ4n) is 2.57. The molecule has 0 radical (unpaired) electrons. The molecule has 1 aromatic carbocycles. The molecule has 0 aliphatic carbocycles. The van der Waals surface area contributed by atoms with E-state index in [0.717, 1.165) is 6.42 Å². The van der Waals surface area contributed by atoms with Gasteiger partial charge in [0.1, 0.15) is 0 Å². The lowest BCUT2D eigenvalue weighted by molar-refractivity contribution is 0.0930. The molecule has 1 atom stereocenters. The molecular weight excluding hydrogens is 344 g/mol. The number of hydrogen-bond acceptors (Lipinski definition) is 5. The Morgan fingerprint density at radius 3 is 2.72 bits per heavy atom. The molecule has 0 bridgehead atoms. The van der Waals surface area contributed by atoms with Gasteiger partial charge >= 0.3 is 0 Å². The SMILES string of the molecule is CN(Cc1ccn[nH]1)S(=O)(=O)c1ccc(C(=O)N[C@H]2CCOC2)cc1. The van der Waals surface area contributed by atoms with E-state index in [4.69, 9.17) is 4.74 Å². The summed E-state index contributed by atoms with van der Waals surface area (Å²) < 4.78 is 31.6. The second-order valence-corrected chi connectivity index (χ2v) is 7.95. The van der Waals surface area contributed by atoms with Gasteiger partial charge in [0.25, 0.3) is 5.91 Å². The highest BCUT2D eigenvalue weighted by atomic mass is 32.2. The second-order valence-electron chi connectivity index (χ2n) is 5.90. The van der Waals surface area contributed by atoms with Gasteiger partial charge in [0.15, 0.2) is 0 Å². The maximum atomic E-state index is 12.6. The van der Waals surface area contributed by atoms with Gasteiger partial charge in [-0.05, 0) is 36.8 Å². The van der Waals surface area contributed by atoms with Crippen LogP contribution in [0.25, 0.3) is 0 Å². The topological polar surface area (TPSA) is 104 Å². The molecule has 2 N–H and O–H groups in total. The maximum Gasteiger partial charge on any atom is 0.251 e. The van der Waals surface area contributed by atoms with Crippen LogP contribution < -0.4 is 5.32 Å². The molecule has 1 saturated heterocycles. The van der Waals surface area contributed by atoms with E-state index in [9.17, 15) is 13.2 Å². The van der Waals surface area contributed by atoms with Gasteiger partial charge in [-0.3, -0.25) is 9.89 Å². The zero-order valence-electron chi connectivity index (χ0n) is 13.8. The van der Waals surface area contributed by atoms with Crippen molar-refractivity contribution >= 4 is 15.9 Å². The van der Waals surface area contributed by atoms with E-state index in [1.807, 2.05) is 0 Å². The van der Waals surface area contributed by atoms with E-state index in [0.29, 0.717) is 24.5 Å². The molecule has 0 unspecified atom stereocenters. The van der Waals surface area contributed by atoms with Crippen LogP contribution in [0.1, 0.15) is 22.5 Å². The second kappa shape index (κ2) is 7.34. The minimum Gasteiger partial charge on any atom is -0.379 e. The predicted molar refractivity (Wildman–Crippen MR) is 90.4 cm³/mol. The number of rotatable bonds is 6. The van der Waals surface area contributed by atoms with Gasteiger partial charge in [0, 0.05) is 25.4 Å². The molecule has 1 aromatic heterocycles. The molecule has 134 valence electrons. The van der Waals surface area contributed by atoms with Crippen LogP contribution in [-0.4, -0.2) is 55.1 Å². The third-order valence-corrected chi connectivity index (χ3v) is 5.86. The Labute approximate surface area is 146 Å². The van der Waals surface area contributed by atoms with Crippen LogP contribution in [0.3, 0.4) is 0 Å². The van der Waals surface area contributed by atoms with Crippen molar-refractivity contribution in [2.45, 2.75) is 23.9 Å². The summed E-state index contributed by atoms with van der Waals surface area (Å²) >= 11 is 0. The van der Waals surface area contributed by atoms with Gasteiger partial charge in [0.2, 0.25) is 10.0 Å². The highest BCUT2D eigenvalue weighted by Gasteiger charge is 2.22. The Kier molecular flexibility index (Phi) is 5.16. The lowest BCUT2D eigenvalue weighted by atomic mass is 10.2. The number of carbonyl (C=O) groups is 1. The van der Waals surface area contributed by atoms with E-state index in [-0.39, 0.29) is 23.4 Å². The van der Waals surface area contributed by atoms with Crippen molar-refractivity contribution in [2.75, 3.05) is 20.3 Å². The first-order valence-corrected chi connectivity index (χ1v) is 9.34. The van der Waals surface area contributed by atoms with Crippen molar-refractivity contribution in [1.82, 2.24) is 19.8 Å². The average molecular weight is 364 g/mol. The molecule has 1 aliphatic rings. The number of hydrogen-bond donors (Lipinski definition) is 2. The van der Waals surface area contributed by atoms with Crippen LogP contribution in [0.5, 0.6) is 0 Å². The van der Waals surface area contributed by atoms with Crippen LogP contribution in [-0.2, 0) is 21.3 Å². The van der Waals surface area contributed by atoms with Crippen LogP contribution in [0.4, 0.5) is 0 Å². The van der Waals surface area contributed by atoms with E-state index >= 15 is 0 Å². The third kappa shape index (κ3) is 4.06. The van der Waals surface area contributed by atoms with E-state index in [1.165, 1.54) is 35.6 Å². The number of H-pyrrole nitrogens is 1. The highest BCUT2D eigenvalue weighted by molar-refractivity contribution is 7.89. The first kappa shape index (κ1) is 17.6. The minimum atomic E-state index is -3.65. The number of nitrogens with one attached hydrogen (secondary N) is 2. The summed E-state index contributed by atoms with van der Waals surface area (Å²) in [6, 6.07) is 7.64. The summed E-state index contributed by atoms with van der Waals surface area (Å²) in [5.74, 6) is -0.231. The predicted octanol–water partition coefficient (Wildman–Crippen LogP) is 0.749. The van der Waals surface area contributed by atoms with Crippen LogP contribution in [0, 0.1) is 0 Å². The first-order chi connectivity index (χ1) is 12.0. The number of aromatic amines is 1. The molecule has 0 saturated carbocycles. The number of amides is 1. The summed E-state index contributed by atoms with van der Waals surface area (Å²) in [7, 11) is -2.15. The number of benzene rings is 1. The van der Waals surface area contributed by atoms with Gasteiger partial charge in [-0.15, -0.1) is 0 Å². The molecule has 2 heterocycles. The molecule has 3 rings (SSSR count). The van der Waals surface area contributed by atoms with Gasteiger partial charge < -0.3 is 10.1 Å². The number of carbonyl (C=O) groups excluding carboxylic acids is 1. The van der Waals surface area contributed by atoms with Crippen molar-refractivity contribution in [3.63, 3.8) is 0 Å². The van der Waals surface area contributed by atoms with Crippen molar-refractivity contribution in [1.29, 1.82) is 0 Å². The first-order valence-electron chi connectivity index (χ1n) is 7.90. The molecule has 1 amide bonds. The zero-order valence-corrected chi connectivity index (χ0v) is 14.6. The molecular formula is C16H20N4O4S. The Morgan fingerprint density at radius 2 is 2.12 bits per heavy atom. The number of nitrogens with zero attached hydrogens (tertiary/aromatic N) is 2. The molecule has 2 aromatic rings. The number of sulfonamides is 1. The fraction of sp³-hybridized carbons (Fsp3) is 0.375. The summed E-state index contributed by atoms with van der Waals surface area (Å²) in [5.41, 5.74) is 1.11. The Bertz CT molecular complexity index is 812. The highest BCUT2D eigenvalue weighted by Crippen LogP contribution is 2.17. The standard InChI is InChI=1S/C16H20N4O4S/c1-20(10-13-6-8-17-19-13)25(22,23)15-4-2-12(3-5-15)16(21)18-14-7-9-24-11-14/h2-6,8,14H,7,9-11H2,1H3,(H,17,19)(H,18,21)/t14-/m0/s1. The lowest BCUT2D eigenvalue weighted by Crippen LogP contribution is -2.35. The maximum absolute atomic E-state index is 12.6. The van der Waals surface area contributed by atoms with E-state index in [2.05, 4.69) is 15.5 Å². The van der Waals surface area contributed by atoms with E-state index < -0.39 is 10.0 Å². The number of ether oxygens (including phenoxy) is 1. The lowest BCUT2D eigenvalue weighted by Gasteiger charge is -2.16. The van der Waals surface area contributed by atoms with Gasteiger partial charge in [-0.25, -0.2) is 8.42 Å². The van der Waals surface area contributed by atoms with Crippen molar-refractivity contribution in [2.24, 2.45) is 0 Å². The summed E-state index contributed by atoms with van der Waals surface area (Å²) in [5, 5.41) is 9.40. The number of aromatic nitrogens is 2. The van der Waals surface area contributed by atoms with Crippen molar-refractivity contribution in [3.05, 3.63) is 47.8 Å². The summed E-state index contributed by atoms with van der Waals surface area (Å²) in [6.07, 6.45) is 2.36. The average Bonchev–Trinajstić information content (AvgIpc) is 3.29. The van der Waals surface area contributed by atoms with Gasteiger partial charge in [-0.2, -0.15) is 9.40 Å². The molecule has 9 heteroatoms. The Balaban J connectivity index is 1.68. The Morgan fingerprint density at radius 1 is 1.36 bits per heavy atom. The molecule has 25 heavy (non-hydrogen) atoms. The van der Waals surface area contributed by atoms with E-state index in [1.54, 1.807) is 12.3 Å². The smallest absolute Gasteiger partial charge is 0.251 e. The molecule has 8 nitrogen and oxygen atoms in total. The van der Waals surface area contributed by atoms with Gasteiger partial charge in [0.05, 0.1) is 29.8 Å². The third-order valence-electron chi connectivity index (χ3n) is 4.04. The quantitative estimate of drug-likeness (QED) is 0.787. The van der Waals surface area contributed by atoms with Crippen LogP contribution in [0.2, 0.25) is 0 Å². The largest absolute Gasteiger partial charge is 0.379 e. The van der Waals surface area contributed by atoms with Crippen molar-refractivity contribution in [3.8, 4) is 0 Å². The molecule has 0 spiro atoms. The minimum absolute atomic E-state index is 0.0106. The van der Waals surface area contributed by atoms with Crippen LogP contribution in [0.15, 0.2) is 41.4 Å². The normalized spacial score (nSPS) is 17.8. The van der Waals surface area contributed by atoms with Crippen molar-refractivity contribution < 1.29 is 17.9 Å². The summed E-state index contributed by atoms with van der Waals surface area (Å²) in [4.78, 5) is 12.3. The monoisotopic (exact) mass is 364 g/mol. The summed E-state index contributed by atoms with van der Waals surface area (Å²) in [6.45, 7) is 1.34. The Hall–Kier alpha value is -2.23. The molecule has 1 aliphatic heterocycles. The zero-order chi connectivity index (χ0) is 17.9. The fourth-order valence-corrected chi connectivity index (χ4v) is 3.72.